The Labute approximate surface area is 94.2 Å². The van der Waals surface area contributed by atoms with Gasteiger partial charge in [0.1, 0.15) is 11.6 Å². The van der Waals surface area contributed by atoms with Crippen molar-refractivity contribution in [3.05, 3.63) is 35.4 Å². The summed E-state index contributed by atoms with van der Waals surface area (Å²) in [5.74, 6) is -1.09. The Morgan fingerprint density at radius 2 is 1.88 bits per heavy atom. The fourth-order valence-corrected chi connectivity index (χ4v) is 2.02. The highest BCUT2D eigenvalue weighted by atomic mass is 19.1. The minimum Gasteiger partial charge on any atom is -0.289 e. The molecule has 0 aliphatic heterocycles. The van der Waals surface area contributed by atoms with Crippen LogP contribution in [0.3, 0.4) is 0 Å². The molecule has 1 aromatic rings. The monoisotopic (exact) mass is 223 g/mol. The smallest absolute Gasteiger partial charge is 0.134 e. The number of benzene rings is 1. The molecule has 1 aliphatic carbocycles. The number of rotatable bonds is 2. The van der Waals surface area contributed by atoms with Crippen LogP contribution in [0.25, 0.3) is 0 Å². The predicted octanol–water partition coefficient (Wildman–Crippen LogP) is 3.72. The van der Waals surface area contributed by atoms with E-state index in [1.165, 1.54) is 37.6 Å². The SMILES string of the molecule is Fc1ccc(C=NC2CCCCC2)c(F)c1. The maximum absolute atomic E-state index is 13.3. The lowest BCUT2D eigenvalue weighted by molar-refractivity contribution is 0.444. The molecule has 0 saturated heterocycles. The first kappa shape index (κ1) is 11.2. The zero-order chi connectivity index (χ0) is 11.4. The van der Waals surface area contributed by atoms with Crippen molar-refractivity contribution in [2.24, 2.45) is 4.99 Å². The van der Waals surface area contributed by atoms with Crippen LogP contribution in [0, 0.1) is 11.6 Å². The lowest BCUT2D eigenvalue weighted by Gasteiger charge is -2.17. The molecule has 0 radical (unpaired) electrons. The first-order chi connectivity index (χ1) is 7.75. The van der Waals surface area contributed by atoms with Crippen molar-refractivity contribution < 1.29 is 8.78 Å². The fraction of sp³-hybridized carbons (Fsp3) is 0.462. The fourth-order valence-electron chi connectivity index (χ4n) is 2.02. The second-order valence-corrected chi connectivity index (χ2v) is 4.24. The van der Waals surface area contributed by atoms with Crippen molar-refractivity contribution >= 4 is 6.21 Å². The molecule has 0 atom stereocenters. The summed E-state index contributed by atoms with van der Waals surface area (Å²) in [5, 5.41) is 0. The summed E-state index contributed by atoms with van der Waals surface area (Å²) in [6, 6.07) is 3.89. The third-order valence-electron chi connectivity index (χ3n) is 2.96. The molecule has 1 fully saturated rings. The highest BCUT2D eigenvalue weighted by Crippen LogP contribution is 2.20. The van der Waals surface area contributed by atoms with E-state index in [1.807, 2.05) is 0 Å². The number of halogens is 2. The Balaban J connectivity index is 2.04. The lowest BCUT2D eigenvalue weighted by Crippen LogP contribution is -2.09. The molecular weight excluding hydrogens is 208 g/mol. The normalized spacial score (nSPS) is 18.1. The zero-order valence-corrected chi connectivity index (χ0v) is 9.13. The Bertz CT molecular complexity index is 382. The van der Waals surface area contributed by atoms with Gasteiger partial charge in [0, 0.05) is 23.9 Å². The number of hydrogen-bond donors (Lipinski definition) is 0. The van der Waals surface area contributed by atoms with Crippen LogP contribution in [0.1, 0.15) is 37.7 Å². The Morgan fingerprint density at radius 1 is 1.12 bits per heavy atom. The molecule has 0 heterocycles. The van der Waals surface area contributed by atoms with Gasteiger partial charge in [0.15, 0.2) is 0 Å². The van der Waals surface area contributed by atoms with Gasteiger partial charge in [0.25, 0.3) is 0 Å². The topological polar surface area (TPSA) is 12.4 Å². The van der Waals surface area contributed by atoms with Gasteiger partial charge >= 0.3 is 0 Å². The van der Waals surface area contributed by atoms with Gasteiger partial charge in [0.05, 0.1) is 0 Å². The Morgan fingerprint density at radius 3 is 2.56 bits per heavy atom. The van der Waals surface area contributed by atoms with E-state index in [9.17, 15) is 8.78 Å². The minimum atomic E-state index is -0.549. The van der Waals surface area contributed by atoms with Crippen LogP contribution in [0.2, 0.25) is 0 Å². The van der Waals surface area contributed by atoms with Gasteiger partial charge in [-0.05, 0) is 25.0 Å². The molecule has 3 heteroatoms. The van der Waals surface area contributed by atoms with E-state index in [4.69, 9.17) is 0 Å². The molecule has 0 bridgehead atoms. The molecule has 86 valence electrons. The predicted molar refractivity (Wildman–Crippen MR) is 60.8 cm³/mol. The van der Waals surface area contributed by atoms with E-state index in [0.29, 0.717) is 11.6 Å². The highest BCUT2D eigenvalue weighted by Gasteiger charge is 2.11. The van der Waals surface area contributed by atoms with Crippen LogP contribution in [0.5, 0.6) is 0 Å². The second kappa shape index (κ2) is 5.19. The van der Waals surface area contributed by atoms with Gasteiger partial charge in [-0.25, -0.2) is 8.78 Å². The Hall–Kier alpha value is -1.25. The molecule has 0 aromatic heterocycles. The van der Waals surface area contributed by atoms with E-state index in [2.05, 4.69) is 4.99 Å². The van der Waals surface area contributed by atoms with Crippen LogP contribution < -0.4 is 0 Å². The van der Waals surface area contributed by atoms with Crippen LogP contribution in [-0.2, 0) is 0 Å². The van der Waals surface area contributed by atoms with Crippen molar-refractivity contribution in [2.45, 2.75) is 38.1 Å². The molecule has 0 spiro atoms. The van der Waals surface area contributed by atoms with Crippen molar-refractivity contribution in [3.8, 4) is 0 Å². The number of aliphatic imine (C=N–C) groups is 1. The van der Waals surface area contributed by atoms with Gasteiger partial charge < -0.3 is 0 Å². The maximum Gasteiger partial charge on any atom is 0.134 e. The van der Waals surface area contributed by atoms with E-state index in [0.717, 1.165) is 18.9 Å². The van der Waals surface area contributed by atoms with Crippen LogP contribution in [0.4, 0.5) is 8.78 Å². The van der Waals surface area contributed by atoms with Gasteiger partial charge in [-0.2, -0.15) is 0 Å². The summed E-state index contributed by atoms with van der Waals surface area (Å²) in [6.07, 6.45) is 7.38. The zero-order valence-electron chi connectivity index (χ0n) is 9.13. The number of nitrogens with zero attached hydrogens (tertiary/aromatic N) is 1. The summed E-state index contributed by atoms with van der Waals surface area (Å²) >= 11 is 0. The first-order valence-electron chi connectivity index (χ1n) is 5.74. The summed E-state index contributed by atoms with van der Waals surface area (Å²) in [6.45, 7) is 0. The molecule has 1 nitrogen and oxygen atoms in total. The number of hydrogen-bond acceptors (Lipinski definition) is 1. The summed E-state index contributed by atoms with van der Waals surface area (Å²) < 4.78 is 25.9. The standard InChI is InChI=1S/C13H15F2N/c14-11-7-6-10(13(15)8-11)9-16-12-4-2-1-3-5-12/h6-9,12H,1-5H2. The highest BCUT2D eigenvalue weighted by molar-refractivity contribution is 5.80. The molecule has 0 N–H and O–H groups in total. The summed E-state index contributed by atoms with van der Waals surface area (Å²) in [5.41, 5.74) is 0.368. The van der Waals surface area contributed by atoms with E-state index in [1.54, 1.807) is 0 Å². The first-order valence-corrected chi connectivity index (χ1v) is 5.74. The maximum atomic E-state index is 13.3. The molecule has 0 unspecified atom stereocenters. The van der Waals surface area contributed by atoms with E-state index in [-0.39, 0.29) is 0 Å². The largest absolute Gasteiger partial charge is 0.289 e. The van der Waals surface area contributed by atoms with Crippen molar-refractivity contribution in [3.63, 3.8) is 0 Å². The van der Waals surface area contributed by atoms with Gasteiger partial charge in [0.2, 0.25) is 0 Å². The van der Waals surface area contributed by atoms with Crippen molar-refractivity contribution in [2.75, 3.05) is 0 Å². The quantitative estimate of drug-likeness (QED) is 0.678. The van der Waals surface area contributed by atoms with Gasteiger partial charge in [-0.1, -0.05) is 19.3 Å². The third kappa shape index (κ3) is 2.87. The Kier molecular flexibility index (Phi) is 3.65. The summed E-state index contributed by atoms with van der Waals surface area (Å²) in [7, 11) is 0. The molecule has 2 rings (SSSR count). The van der Waals surface area contributed by atoms with Crippen LogP contribution in [-0.4, -0.2) is 12.3 Å². The molecular formula is C13H15F2N. The van der Waals surface area contributed by atoms with Gasteiger partial charge in [-0.3, -0.25) is 4.99 Å². The lowest BCUT2D eigenvalue weighted by atomic mass is 9.96. The van der Waals surface area contributed by atoms with E-state index >= 15 is 0 Å². The second-order valence-electron chi connectivity index (χ2n) is 4.24. The van der Waals surface area contributed by atoms with Crippen LogP contribution in [0.15, 0.2) is 23.2 Å². The van der Waals surface area contributed by atoms with E-state index < -0.39 is 11.6 Å². The van der Waals surface area contributed by atoms with Crippen molar-refractivity contribution in [1.82, 2.24) is 0 Å². The average Bonchev–Trinajstić information content (AvgIpc) is 2.29. The molecule has 1 saturated carbocycles. The van der Waals surface area contributed by atoms with Gasteiger partial charge in [-0.15, -0.1) is 0 Å². The molecule has 16 heavy (non-hydrogen) atoms. The molecule has 1 aromatic carbocycles. The third-order valence-corrected chi connectivity index (χ3v) is 2.96. The minimum absolute atomic E-state index is 0.318. The summed E-state index contributed by atoms with van der Waals surface area (Å²) in [4.78, 5) is 4.36. The molecule has 1 aliphatic rings. The molecule has 0 amide bonds. The van der Waals surface area contributed by atoms with Crippen LogP contribution >= 0.6 is 0 Å². The average molecular weight is 223 g/mol. The van der Waals surface area contributed by atoms with Crippen molar-refractivity contribution in [1.29, 1.82) is 0 Å².